The van der Waals surface area contributed by atoms with Gasteiger partial charge in [-0.25, -0.2) is 9.97 Å². The van der Waals surface area contributed by atoms with Gasteiger partial charge in [0.1, 0.15) is 11.4 Å². The molecule has 0 aliphatic carbocycles. The smallest absolute Gasteiger partial charge is 0.242 e. The maximum atomic E-state index is 11.7. The molecule has 4 aromatic rings. The van der Waals surface area contributed by atoms with Gasteiger partial charge in [0.15, 0.2) is 5.78 Å². The molecule has 0 aliphatic rings. The highest BCUT2D eigenvalue weighted by Crippen LogP contribution is 2.32. The van der Waals surface area contributed by atoms with Crippen LogP contribution in [0.25, 0.3) is 21.6 Å². The summed E-state index contributed by atoms with van der Waals surface area (Å²) < 4.78 is 7.57. The summed E-state index contributed by atoms with van der Waals surface area (Å²) >= 11 is 1.64. The normalized spacial score (nSPS) is 9.51. The Morgan fingerprint density at radius 1 is 0.946 bits per heavy atom. The third-order valence-electron chi connectivity index (χ3n) is 4.62. The SMILES string of the molecule is C.C.C.C.C.CC(C)Oc1nc2ccccc2nc1-c1cccs1.CCn1nc(C)cc1C(=O)C(C)C. The lowest BCUT2D eigenvalue weighted by molar-refractivity contribution is 0.0928. The molecule has 0 bridgehead atoms. The van der Waals surface area contributed by atoms with Crippen molar-refractivity contribution in [2.75, 3.05) is 0 Å². The number of ketones is 1. The van der Waals surface area contributed by atoms with Crippen molar-refractivity contribution in [3.8, 4) is 16.5 Å². The van der Waals surface area contributed by atoms with Crippen molar-refractivity contribution in [2.24, 2.45) is 5.92 Å². The van der Waals surface area contributed by atoms with Gasteiger partial charge < -0.3 is 4.74 Å². The van der Waals surface area contributed by atoms with Gasteiger partial charge in [-0.2, -0.15) is 5.10 Å². The summed E-state index contributed by atoms with van der Waals surface area (Å²) in [6.45, 7) is 12.5. The average Bonchev–Trinajstić information content (AvgIpc) is 3.42. The quantitative estimate of drug-likeness (QED) is 0.232. The number of aryl methyl sites for hydroxylation is 2. The monoisotopic (exact) mass is 530 g/mol. The zero-order valence-electron chi connectivity index (χ0n) is 19.5. The highest BCUT2D eigenvalue weighted by molar-refractivity contribution is 7.13. The number of hydrogen-bond donors (Lipinski definition) is 0. The zero-order chi connectivity index (χ0) is 23.3. The first-order valence-corrected chi connectivity index (χ1v) is 11.7. The zero-order valence-corrected chi connectivity index (χ0v) is 20.3. The number of thiophene rings is 1. The predicted molar refractivity (Wildman–Crippen MR) is 164 cm³/mol. The van der Waals surface area contributed by atoms with Gasteiger partial charge >= 0.3 is 0 Å². The second-order valence-electron chi connectivity index (χ2n) is 8.02. The van der Waals surface area contributed by atoms with E-state index in [2.05, 4.69) is 10.1 Å². The minimum absolute atomic E-state index is 0. The molecule has 0 radical (unpaired) electrons. The molecule has 0 unspecified atom stereocenters. The number of carbonyl (C=O) groups excluding carboxylic acids is 1. The van der Waals surface area contributed by atoms with Gasteiger partial charge in [0.2, 0.25) is 5.88 Å². The maximum Gasteiger partial charge on any atom is 0.242 e. The van der Waals surface area contributed by atoms with E-state index in [9.17, 15) is 4.79 Å². The van der Waals surface area contributed by atoms with Crippen LogP contribution in [0.5, 0.6) is 5.88 Å². The predicted octanol–water partition coefficient (Wildman–Crippen LogP) is 9.38. The first-order valence-electron chi connectivity index (χ1n) is 10.9. The van der Waals surface area contributed by atoms with Crippen LogP contribution in [0, 0.1) is 12.8 Å². The number of ether oxygens (including phenoxy) is 1. The number of benzene rings is 1. The van der Waals surface area contributed by atoms with Crippen LogP contribution in [-0.4, -0.2) is 31.6 Å². The fourth-order valence-corrected chi connectivity index (χ4v) is 3.85. The molecule has 3 aromatic heterocycles. The Morgan fingerprint density at radius 3 is 2.03 bits per heavy atom. The van der Waals surface area contributed by atoms with Crippen LogP contribution in [0.1, 0.15) is 87.9 Å². The minimum atomic E-state index is 0. The van der Waals surface area contributed by atoms with Gasteiger partial charge in [-0.05, 0) is 57.3 Å². The van der Waals surface area contributed by atoms with Crippen molar-refractivity contribution < 1.29 is 9.53 Å². The van der Waals surface area contributed by atoms with Crippen LogP contribution in [0.2, 0.25) is 0 Å². The van der Waals surface area contributed by atoms with Crippen LogP contribution in [0.3, 0.4) is 0 Å². The number of aromatic nitrogens is 4. The molecule has 0 saturated carbocycles. The molecule has 4 rings (SSSR count). The molecule has 0 atom stereocenters. The fourth-order valence-electron chi connectivity index (χ4n) is 3.14. The largest absolute Gasteiger partial charge is 0.473 e. The topological polar surface area (TPSA) is 69.9 Å². The van der Waals surface area contributed by atoms with Gasteiger partial charge in [0, 0.05) is 12.5 Å². The summed E-state index contributed by atoms with van der Waals surface area (Å²) in [6.07, 6.45) is 0.0779. The number of Topliss-reactive ketones (excluding diaryl/α,β-unsaturated/α-hetero) is 1. The van der Waals surface area contributed by atoms with Gasteiger partial charge in [-0.3, -0.25) is 9.48 Å². The molecular formula is C30H50N4O2S. The number of fused-ring (bicyclic) bond motifs is 1. The molecule has 6 nitrogen and oxygen atoms in total. The lowest BCUT2D eigenvalue weighted by Gasteiger charge is -2.12. The van der Waals surface area contributed by atoms with Gasteiger partial charge in [-0.1, -0.05) is 69.2 Å². The van der Waals surface area contributed by atoms with E-state index < -0.39 is 0 Å². The molecule has 3 heterocycles. The molecule has 0 N–H and O–H groups in total. The molecule has 1 aromatic carbocycles. The Hall–Kier alpha value is -3.06. The third-order valence-corrected chi connectivity index (χ3v) is 5.50. The van der Waals surface area contributed by atoms with Crippen molar-refractivity contribution in [1.29, 1.82) is 0 Å². The van der Waals surface area contributed by atoms with Crippen LogP contribution in [0.4, 0.5) is 0 Å². The number of para-hydroxylation sites is 2. The van der Waals surface area contributed by atoms with E-state index in [1.807, 2.05) is 89.4 Å². The van der Waals surface area contributed by atoms with Gasteiger partial charge in [0.25, 0.3) is 0 Å². The summed E-state index contributed by atoms with van der Waals surface area (Å²) in [5.74, 6) is 0.819. The summed E-state index contributed by atoms with van der Waals surface area (Å²) in [5, 5.41) is 6.26. The first kappa shape index (κ1) is 38.5. The van der Waals surface area contributed by atoms with Crippen LogP contribution < -0.4 is 4.74 Å². The van der Waals surface area contributed by atoms with Gasteiger partial charge in [0.05, 0.1) is 27.7 Å². The lowest BCUT2D eigenvalue weighted by Crippen LogP contribution is -2.14. The number of nitrogens with zero attached hydrogens (tertiary/aromatic N) is 4. The van der Waals surface area contributed by atoms with E-state index in [1.54, 1.807) is 16.0 Å². The molecule has 208 valence electrons. The Morgan fingerprint density at radius 2 is 1.54 bits per heavy atom. The standard InChI is InChI=1S/C15H14N2OS.C10H16N2O.5CH4/c1-10(2)18-15-14(13-8-5-9-19-13)16-11-6-3-4-7-12(11)17-15;1-5-12-9(6-8(4)11-12)10(13)7(2)3;;;;;/h3-10H,1-2H3;6-7H,5H2,1-4H3;5*1H4. The number of carbonyl (C=O) groups is 1. The summed E-state index contributed by atoms with van der Waals surface area (Å²) in [6, 6.07) is 13.8. The molecule has 0 aliphatic heterocycles. The van der Waals surface area contributed by atoms with E-state index in [1.165, 1.54) is 0 Å². The highest BCUT2D eigenvalue weighted by atomic mass is 32.1. The Bertz CT molecular complexity index is 1180. The van der Waals surface area contributed by atoms with E-state index >= 15 is 0 Å². The van der Waals surface area contributed by atoms with E-state index in [-0.39, 0.29) is 54.9 Å². The number of hydrogen-bond acceptors (Lipinski definition) is 6. The maximum absolute atomic E-state index is 11.7. The van der Waals surface area contributed by atoms with Crippen LogP contribution in [0.15, 0.2) is 47.8 Å². The molecule has 0 fully saturated rings. The van der Waals surface area contributed by atoms with Crippen molar-refractivity contribution in [3.63, 3.8) is 0 Å². The van der Waals surface area contributed by atoms with Crippen molar-refractivity contribution >= 4 is 28.2 Å². The highest BCUT2D eigenvalue weighted by Gasteiger charge is 2.16. The van der Waals surface area contributed by atoms with Crippen molar-refractivity contribution in [3.05, 3.63) is 59.2 Å². The molecule has 0 amide bonds. The fraction of sp³-hybridized carbons (Fsp3) is 0.467. The van der Waals surface area contributed by atoms with Crippen molar-refractivity contribution in [1.82, 2.24) is 19.7 Å². The Labute approximate surface area is 230 Å². The second kappa shape index (κ2) is 17.4. The van der Waals surface area contributed by atoms with Crippen molar-refractivity contribution in [2.45, 2.75) is 91.3 Å². The Balaban J connectivity index is -0.000000581. The van der Waals surface area contributed by atoms with E-state index in [0.717, 1.165) is 39.5 Å². The summed E-state index contributed by atoms with van der Waals surface area (Å²) in [7, 11) is 0. The third kappa shape index (κ3) is 9.73. The Kier molecular flexibility index (Phi) is 18.1. The molecule has 7 heteroatoms. The van der Waals surface area contributed by atoms with Crippen LogP contribution in [-0.2, 0) is 6.54 Å². The second-order valence-corrected chi connectivity index (χ2v) is 8.96. The average molecular weight is 531 g/mol. The summed E-state index contributed by atoms with van der Waals surface area (Å²) in [4.78, 5) is 22.0. The lowest BCUT2D eigenvalue weighted by atomic mass is 10.1. The first-order chi connectivity index (χ1) is 15.3. The molecule has 0 spiro atoms. The molecular weight excluding hydrogens is 480 g/mol. The minimum Gasteiger partial charge on any atom is -0.473 e. The summed E-state index contributed by atoms with van der Waals surface area (Å²) in [5.41, 5.74) is 4.21. The van der Waals surface area contributed by atoms with Crippen LogP contribution >= 0.6 is 11.3 Å². The van der Waals surface area contributed by atoms with E-state index in [4.69, 9.17) is 9.72 Å². The van der Waals surface area contributed by atoms with E-state index in [0.29, 0.717) is 5.88 Å². The molecule has 37 heavy (non-hydrogen) atoms. The van der Waals surface area contributed by atoms with Gasteiger partial charge in [-0.15, -0.1) is 11.3 Å². The molecule has 0 saturated heterocycles. The number of rotatable bonds is 6.